The van der Waals surface area contributed by atoms with E-state index in [1.54, 1.807) is 12.1 Å². The number of fused-ring (bicyclic) bond motifs is 1. The summed E-state index contributed by atoms with van der Waals surface area (Å²) >= 11 is 0. The van der Waals surface area contributed by atoms with Crippen molar-refractivity contribution in [3.8, 4) is 0 Å². The number of carboxylic acid groups (broad SMARTS) is 1. The fraction of sp³-hybridized carbons (Fsp3) is 0.286. The van der Waals surface area contributed by atoms with Crippen LogP contribution in [0.3, 0.4) is 0 Å². The van der Waals surface area contributed by atoms with Gasteiger partial charge >= 0.3 is 5.97 Å². The maximum absolute atomic E-state index is 12.7. The van der Waals surface area contributed by atoms with E-state index in [-0.39, 0.29) is 17.0 Å². The van der Waals surface area contributed by atoms with E-state index in [0.717, 1.165) is 43.3 Å². The van der Waals surface area contributed by atoms with Crippen LogP contribution in [0.15, 0.2) is 48.5 Å². The van der Waals surface area contributed by atoms with E-state index < -0.39 is 5.97 Å². The van der Waals surface area contributed by atoms with E-state index >= 15 is 0 Å². The van der Waals surface area contributed by atoms with E-state index in [0.29, 0.717) is 12.5 Å². The number of anilines is 1. The molecule has 0 saturated carbocycles. The number of nitrogens with one attached hydrogen (secondary N) is 1. The maximum atomic E-state index is 12.7. The van der Waals surface area contributed by atoms with E-state index in [4.69, 9.17) is 10.8 Å². The highest BCUT2D eigenvalue weighted by Crippen LogP contribution is 2.21. The lowest BCUT2D eigenvalue weighted by atomic mass is 10.1. The number of imidazole rings is 1. The predicted molar refractivity (Wildman–Crippen MR) is 109 cm³/mol. The molecule has 0 aliphatic rings. The zero-order valence-corrected chi connectivity index (χ0v) is 15.6. The standard InChI is InChI=1S/C21H24N4O3/c22-12-5-1-2-6-13-25-18-11-4-3-10-17(18)23-21(25)24-19(26)15-8-7-9-16(14-15)20(27)28/h3-4,7-11,14H,1-2,5-6,12-13,22H2,(H,27,28)(H,23,24,26). The molecule has 28 heavy (non-hydrogen) atoms. The topological polar surface area (TPSA) is 110 Å². The molecule has 0 atom stereocenters. The summed E-state index contributed by atoms with van der Waals surface area (Å²) in [5, 5.41) is 12.0. The van der Waals surface area contributed by atoms with Gasteiger partial charge in [-0.3, -0.25) is 10.1 Å². The van der Waals surface area contributed by atoms with Crippen molar-refractivity contribution in [2.45, 2.75) is 32.2 Å². The number of aromatic nitrogens is 2. The average Bonchev–Trinajstić information content (AvgIpc) is 3.05. The SMILES string of the molecule is NCCCCCCn1c(NC(=O)c2cccc(C(=O)O)c2)nc2ccccc21. The lowest BCUT2D eigenvalue weighted by Gasteiger charge is -2.10. The zero-order valence-electron chi connectivity index (χ0n) is 15.6. The van der Waals surface area contributed by atoms with Gasteiger partial charge < -0.3 is 15.4 Å². The van der Waals surface area contributed by atoms with Crippen LogP contribution >= 0.6 is 0 Å². The van der Waals surface area contributed by atoms with E-state index in [9.17, 15) is 9.59 Å². The fourth-order valence-corrected chi connectivity index (χ4v) is 3.13. The minimum atomic E-state index is -1.07. The lowest BCUT2D eigenvalue weighted by molar-refractivity contribution is 0.0697. The Morgan fingerprint density at radius 1 is 1.00 bits per heavy atom. The number of benzene rings is 2. The largest absolute Gasteiger partial charge is 0.478 e. The second-order valence-electron chi connectivity index (χ2n) is 6.62. The Hall–Kier alpha value is -3.19. The van der Waals surface area contributed by atoms with Crippen LogP contribution in [-0.4, -0.2) is 33.1 Å². The number of nitrogens with zero attached hydrogens (tertiary/aromatic N) is 2. The summed E-state index contributed by atoms with van der Waals surface area (Å²) in [5.41, 5.74) is 7.65. The van der Waals surface area contributed by atoms with Crippen LogP contribution in [0.4, 0.5) is 5.95 Å². The molecule has 0 radical (unpaired) electrons. The Morgan fingerprint density at radius 2 is 1.75 bits per heavy atom. The van der Waals surface area contributed by atoms with Crippen LogP contribution in [0.1, 0.15) is 46.4 Å². The summed E-state index contributed by atoms with van der Waals surface area (Å²) in [7, 11) is 0. The maximum Gasteiger partial charge on any atom is 0.335 e. The smallest absolute Gasteiger partial charge is 0.335 e. The number of para-hydroxylation sites is 2. The molecule has 7 heteroatoms. The second kappa shape index (κ2) is 9.14. The van der Waals surface area contributed by atoms with Gasteiger partial charge in [-0.05, 0) is 49.7 Å². The van der Waals surface area contributed by atoms with Gasteiger partial charge in [0.05, 0.1) is 16.6 Å². The molecule has 3 aromatic rings. The van der Waals surface area contributed by atoms with Crippen LogP contribution in [-0.2, 0) is 6.54 Å². The summed E-state index contributed by atoms with van der Waals surface area (Å²) in [6.45, 7) is 1.43. The van der Waals surface area contributed by atoms with E-state index in [1.165, 1.54) is 12.1 Å². The van der Waals surface area contributed by atoms with Crippen molar-refractivity contribution in [3.05, 3.63) is 59.7 Å². The highest BCUT2D eigenvalue weighted by Gasteiger charge is 2.15. The minimum absolute atomic E-state index is 0.0704. The lowest BCUT2D eigenvalue weighted by Crippen LogP contribution is -2.16. The van der Waals surface area contributed by atoms with Crippen LogP contribution in [0, 0.1) is 0 Å². The summed E-state index contributed by atoms with van der Waals surface area (Å²) in [6, 6.07) is 13.7. The monoisotopic (exact) mass is 380 g/mol. The third kappa shape index (κ3) is 4.55. The van der Waals surface area contributed by atoms with Gasteiger partial charge in [-0.15, -0.1) is 0 Å². The molecule has 2 aromatic carbocycles. The first kappa shape index (κ1) is 19.6. The number of carbonyl (C=O) groups is 2. The third-order valence-electron chi connectivity index (χ3n) is 4.59. The quantitative estimate of drug-likeness (QED) is 0.492. The summed E-state index contributed by atoms with van der Waals surface area (Å²) in [6.07, 6.45) is 4.09. The molecule has 0 bridgehead atoms. The average molecular weight is 380 g/mol. The predicted octanol–water partition coefficient (Wildman–Crippen LogP) is 3.51. The van der Waals surface area contributed by atoms with Gasteiger partial charge in [0.25, 0.3) is 5.91 Å². The minimum Gasteiger partial charge on any atom is -0.478 e. The molecular weight excluding hydrogens is 356 g/mol. The van der Waals surface area contributed by atoms with Crippen molar-refractivity contribution in [1.82, 2.24) is 9.55 Å². The Labute approximate surface area is 163 Å². The number of aromatic carboxylic acids is 1. The Balaban J connectivity index is 1.81. The molecule has 1 heterocycles. The van der Waals surface area contributed by atoms with Crippen molar-refractivity contribution in [3.63, 3.8) is 0 Å². The number of unbranched alkanes of at least 4 members (excludes halogenated alkanes) is 3. The van der Waals surface area contributed by atoms with Crippen molar-refractivity contribution >= 4 is 28.9 Å². The Bertz CT molecular complexity index is 981. The highest BCUT2D eigenvalue weighted by atomic mass is 16.4. The van der Waals surface area contributed by atoms with Gasteiger partial charge in [0.1, 0.15) is 0 Å². The van der Waals surface area contributed by atoms with Crippen LogP contribution in [0.25, 0.3) is 11.0 Å². The molecule has 1 amide bonds. The summed E-state index contributed by atoms with van der Waals surface area (Å²) < 4.78 is 2.00. The van der Waals surface area contributed by atoms with E-state index in [1.807, 2.05) is 28.8 Å². The molecule has 3 rings (SSSR count). The molecule has 0 aliphatic heterocycles. The number of nitrogens with two attached hydrogens (primary N) is 1. The number of rotatable bonds is 9. The number of carbonyl (C=O) groups excluding carboxylic acids is 1. The van der Waals surface area contributed by atoms with Crippen LogP contribution < -0.4 is 11.1 Å². The second-order valence-corrected chi connectivity index (χ2v) is 6.62. The number of hydrogen-bond donors (Lipinski definition) is 3. The number of carboxylic acids is 1. The molecule has 146 valence electrons. The number of hydrogen-bond acceptors (Lipinski definition) is 4. The molecule has 0 spiro atoms. The van der Waals surface area contributed by atoms with Crippen molar-refractivity contribution in [2.24, 2.45) is 5.73 Å². The van der Waals surface area contributed by atoms with Gasteiger partial charge in [-0.1, -0.05) is 31.0 Å². The summed E-state index contributed by atoms with van der Waals surface area (Å²) in [5.74, 6) is -0.993. The zero-order chi connectivity index (χ0) is 19.9. The van der Waals surface area contributed by atoms with Crippen molar-refractivity contribution in [2.75, 3.05) is 11.9 Å². The van der Waals surface area contributed by atoms with E-state index in [2.05, 4.69) is 10.3 Å². The molecule has 0 fully saturated rings. The van der Waals surface area contributed by atoms with Crippen molar-refractivity contribution in [1.29, 1.82) is 0 Å². The van der Waals surface area contributed by atoms with Crippen LogP contribution in [0.2, 0.25) is 0 Å². The van der Waals surface area contributed by atoms with Gasteiger partial charge in [0, 0.05) is 12.1 Å². The Morgan fingerprint density at radius 3 is 2.54 bits per heavy atom. The van der Waals surface area contributed by atoms with Gasteiger partial charge in [0.2, 0.25) is 5.95 Å². The van der Waals surface area contributed by atoms with Crippen molar-refractivity contribution < 1.29 is 14.7 Å². The van der Waals surface area contributed by atoms with Crippen LogP contribution in [0.5, 0.6) is 0 Å². The highest BCUT2D eigenvalue weighted by molar-refractivity contribution is 6.05. The Kier molecular flexibility index (Phi) is 6.39. The number of amides is 1. The molecule has 1 aromatic heterocycles. The summed E-state index contributed by atoms with van der Waals surface area (Å²) in [4.78, 5) is 28.4. The van der Waals surface area contributed by atoms with Gasteiger partial charge in [-0.2, -0.15) is 0 Å². The molecule has 7 nitrogen and oxygen atoms in total. The molecule has 4 N–H and O–H groups in total. The first-order valence-electron chi connectivity index (χ1n) is 9.40. The first-order chi connectivity index (χ1) is 13.6. The third-order valence-corrected chi connectivity index (χ3v) is 4.59. The normalized spacial score (nSPS) is 10.9. The molecular formula is C21H24N4O3. The fourth-order valence-electron chi connectivity index (χ4n) is 3.13. The molecule has 0 unspecified atom stereocenters. The molecule has 0 aliphatic carbocycles. The number of aryl methyl sites for hydroxylation is 1. The molecule has 0 saturated heterocycles. The van der Waals surface area contributed by atoms with Gasteiger partial charge in [-0.25, -0.2) is 9.78 Å². The first-order valence-corrected chi connectivity index (χ1v) is 9.40. The van der Waals surface area contributed by atoms with Gasteiger partial charge in [0.15, 0.2) is 0 Å².